The van der Waals surface area contributed by atoms with Gasteiger partial charge in [0.2, 0.25) is 0 Å². The standard InChI is InChI=1S/C19H23NO7S/c1-11-7-13(24-3)8-12(2)18(11)28(22,23)20-15-10-17(26-5)16(25-4)9-14(15)19(21)27-6/h7-10,20H,1-6H3. The fourth-order valence-electron chi connectivity index (χ4n) is 2.89. The average molecular weight is 409 g/mol. The molecule has 2 aromatic rings. The highest BCUT2D eigenvalue weighted by molar-refractivity contribution is 7.92. The van der Waals surface area contributed by atoms with Gasteiger partial charge in [-0.05, 0) is 37.1 Å². The van der Waals surface area contributed by atoms with Crippen molar-refractivity contribution in [1.82, 2.24) is 0 Å². The van der Waals surface area contributed by atoms with E-state index >= 15 is 0 Å². The van der Waals surface area contributed by atoms with Gasteiger partial charge in [0.1, 0.15) is 5.75 Å². The Morgan fingerprint density at radius 1 is 0.857 bits per heavy atom. The summed E-state index contributed by atoms with van der Waals surface area (Å²) in [5.41, 5.74) is 1.01. The minimum absolute atomic E-state index is 0.00690. The lowest BCUT2D eigenvalue weighted by Crippen LogP contribution is -2.18. The summed E-state index contributed by atoms with van der Waals surface area (Å²) in [6, 6.07) is 5.97. The molecule has 0 amide bonds. The van der Waals surface area contributed by atoms with E-state index in [1.165, 1.54) is 40.6 Å². The van der Waals surface area contributed by atoms with E-state index in [2.05, 4.69) is 4.72 Å². The number of anilines is 1. The molecule has 0 spiro atoms. The number of carbonyl (C=O) groups is 1. The first-order chi connectivity index (χ1) is 13.2. The number of ether oxygens (including phenoxy) is 4. The number of sulfonamides is 1. The second kappa shape index (κ2) is 8.39. The Kier molecular flexibility index (Phi) is 6.40. The molecule has 0 heterocycles. The highest BCUT2D eigenvalue weighted by Gasteiger charge is 2.25. The third-order valence-electron chi connectivity index (χ3n) is 4.11. The second-order valence-corrected chi connectivity index (χ2v) is 7.56. The number of benzene rings is 2. The molecule has 0 saturated carbocycles. The maximum absolute atomic E-state index is 13.1. The Morgan fingerprint density at radius 2 is 1.39 bits per heavy atom. The number of rotatable bonds is 7. The molecule has 9 heteroatoms. The van der Waals surface area contributed by atoms with Gasteiger partial charge in [-0.3, -0.25) is 4.72 Å². The van der Waals surface area contributed by atoms with E-state index in [1.807, 2.05) is 0 Å². The number of nitrogens with one attached hydrogen (secondary N) is 1. The van der Waals surface area contributed by atoms with Crippen LogP contribution in [0.3, 0.4) is 0 Å². The predicted octanol–water partition coefficient (Wildman–Crippen LogP) is 2.92. The van der Waals surface area contributed by atoms with Crippen LogP contribution in [-0.2, 0) is 14.8 Å². The van der Waals surface area contributed by atoms with Crippen molar-refractivity contribution in [2.24, 2.45) is 0 Å². The van der Waals surface area contributed by atoms with Crippen molar-refractivity contribution >= 4 is 21.7 Å². The summed E-state index contributed by atoms with van der Waals surface area (Å²) in [5, 5.41) is 0. The molecule has 0 aliphatic heterocycles. The zero-order valence-corrected chi connectivity index (χ0v) is 17.4. The van der Waals surface area contributed by atoms with Gasteiger partial charge in [-0.15, -0.1) is 0 Å². The molecule has 0 saturated heterocycles. The van der Waals surface area contributed by atoms with Crippen LogP contribution in [0, 0.1) is 13.8 Å². The third-order valence-corrected chi connectivity index (χ3v) is 5.78. The van der Waals surface area contributed by atoms with Gasteiger partial charge in [-0.2, -0.15) is 0 Å². The molecule has 0 unspecified atom stereocenters. The first-order valence-electron chi connectivity index (χ1n) is 8.20. The molecule has 152 valence electrons. The molecule has 28 heavy (non-hydrogen) atoms. The summed E-state index contributed by atoms with van der Waals surface area (Å²) in [6.45, 7) is 3.33. The monoisotopic (exact) mass is 409 g/mol. The zero-order valence-electron chi connectivity index (χ0n) is 16.6. The molecule has 2 aromatic carbocycles. The van der Waals surface area contributed by atoms with Gasteiger partial charge < -0.3 is 18.9 Å². The van der Waals surface area contributed by atoms with Crippen molar-refractivity contribution in [3.63, 3.8) is 0 Å². The van der Waals surface area contributed by atoms with Crippen molar-refractivity contribution < 1.29 is 32.2 Å². The van der Waals surface area contributed by atoms with Crippen molar-refractivity contribution in [1.29, 1.82) is 0 Å². The molecule has 0 aliphatic rings. The van der Waals surface area contributed by atoms with E-state index in [-0.39, 0.29) is 27.6 Å². The molecule has 0 atom stereocenters. The summed E-state index contributed by atoms with van der Waals surface area (Å²) in [6.07, 6.45) is 0. The largest absolute Gasteiger partial charge is 0.497 e. The fourth-order valence-corrected chi connectivity index (χ4v) is 4.42. The Hall–Kier alpha value is -2.94. The Labute approximate surface area is 164 Å². The first-order valence-corrected chi connectivity index (χ1v) is 9.69. The van der Waals surface area contributed by atoms with E-state index in [9.17, 15) is 13.2 Å². The van der Waals surface area contributed by atoms with Crippen LogP contribution < -0.4 is 18.9 Å². The highest BCUT2D eigenvalue weighted by Crippen LogP contribution is 2.35. The maximum Gasteiger partial charge on any atom is 0.340 e. The normalized spacial score (nSPS) is 10.9. The maximum atomic E-state index is 13.1. The van der Waals surface area contributed by atoms with E-state index in [4.69, 9.17) is 18.9 Å². The summed E-state index contributed by atoms with van der Waals surface area (Å²) < 4.78 is 49.0. The number of hydrogen-bond donors (Lipinski definition) is 1. The van der Waals surface area contributed by atoms with E-state index in [1.54, 1.807) is 26.0 Å². The van der Waals surface area contributed by atoms with Crippen LogP contribution in [0.2, 0.25) is 0 Å². The van der Waals surface area contributed by atoms with Gasteiger partial charge in [0.05, 0.1) is 44.6 Å². The molecule has 0 bridgehead atoms. The quantitative estimate of drug-likeness (QED) is 0.702. The van der Waals surface area contributed by atoms with E-state index in [0.717, 1.165) is 0 Å². The van der Waals surface area contributed by atoms with Crippen LogP contribution in [0.1, 0.15) is 21.5 Å². The number of hydrogen-bond acceptors (Lipinski definition) is 7. The predicted molar refractivity (Wildman–Crippen MR) is 104 cm³/mol. The Morgan fingerprint density at radius 3 is 1.86 bits per heavy atom. The molecule has 0 fully saturated rings. The van der Waals surface area contributed by atoms with Crippen LogP contribution in [0.15, 0.2) is 29.2 Å². The van der Waals surface area contributed by atoms with Crippen molar-refractivity contribution in [2.45, 2.75) is 18.7 Å². The van der Waals surface area contributed by atoms with Crippen LogP contribution in [0.25, 0.3) is 0 Å². The van der Waals surface area contributed by atoms with Crippen LogP contribution >= 0.6 is 0 Å². The lowest BCUT2D eigenvalue weighted by atomic mass is 10.1. The SMILES string of the molecule is COC(=O)c1cc(OC)c(OC)cc1NS(=O)(=O)c1c(C)cc(OC)cc1C. The van der Waals surface area contributed by atoms with Crippen molar-refractivity contribution in [3.05, 3.63) is 41.0 Å². The highest BCUT2D eigenvalue weighted by atomic mass is 32.2. The minimum Gasteiger partial charge on any atom is -0.497 e. The van der Waals surface area contributed by atoms with Crippen molar-refractivity contribution in [2.75, 3.05) is 33.2 Å². The van der Waals surface area contributed by atoms with Crippen LogP contribution in [-0.4, -0.2) is 42.8 Å². The Balaban J connectivity index is 2.62. The molecule has 0 radical (unpaired) electrons. The number of aryl methyl sites for hydroxylation is 2. The molecular formula is C19H23NO7S. The van der Waals surface area contributed by atoms with Crippen LogP contribution in [0.5, 0.6) is 17.2 Å². The van der Waals surface area contributed by atoms with Gasteiger partial charge in [0.15, 0.2) is 11.5 Å². The van der Waals surface area contributed by atoms with Crippen LogP contribution in [0.4, 0.5) is 5.69 Å². The first kappa shape index (κ1) is 21.4. The van der Waals surface area contributed by atoms with Gasteiger partial charge in [0, 0.05) is 12.1 Å². The summed E-state index contributed by atoms with van der Waals surface area (Å²) in [7, 11) is 1.51. The minimum atomic E-state index is -4.02. The lowest BCUT2D eigenvalue weighted by molar-refractivity contribution is 0.0601. The summed E-state index contributed by atoms with van der Waals surface area (Å²) >= 11 is 0. The van der Waals surface area contributed by atoms with Gasteiger partial charge in [0.25, 0.3) is 10.0 Å². The summed E-state index contributed by atoms with van der Waals surface area (Å²) in [4.78, 5) is 12.3. The van der Waals surface area contributed by atoms with E-state index < -0.39 is 16.0 Å². The van der Waals surface area contributed by atoms with Crippen molar-refractivity contribution in [3.8, 4) is 17.2 Å². The topological polar surface area (TPSA) is 100 Å². The average Bonchev–Trinajstić information content (AvgIpc) is 2.65. The lowest BCUT2D eigenvalue weighted by Gasteiger charge is -2.17. The summed E-state index contributed by atoms with van der Waals surface area (Å²) in [5.74, 6) is 0.357. The number of esters is 1. The number of carbonyl (C=O) groups excluding carboxylic acids is 1. The molecule has 1 N–H and O–H groups in total. The third kappa shape index (κ3) is 4.14. The Bertz CT molecular complexity index is 977. The number of methoxy groups -OCH3 is 4. The second-order valence-electron chi connectivity index (χ2n) is 5.94. The van der Waals surface area contributed by atoms with Gasteiger partial charge in [-0.25, -0.2) is 13.2 Å². The molecule has 8 nitrogen and oxygen atoms in total. The van der Waals surface area contributed by atoms with E-state index in [0.29, 0.717) is 16.9 Å². The van der Waals surface area contributed by atoms with Gasteiger partial charge >= 0.3 is 5.97 Å². The molecule has 2 rings (SSSR count). The molecule has 0 aromatic heterocycles. The molecular weight excluding hydrogens is 386 g/mol. The zero-order chi connectivity index (χ0) is 21.1. The van der Waals surface area contributed by atoms with Gasteiger partial charge in [-0.1, -0.05) is 0 Å². The molecule has 0 aliphatic carbocycles. The fraction of sp³-hybridized carbons (Fsp3) is 0.316. The smallest absolute Gasteiger partial charge is 0.340 e.